The molecule has 2 rings (SSSR count). The van der Waals surface area contributed by atoms with Crippen LogP contribution in [0, 0.1) is 0 Å². The van der Waals surface area contributed by atoms with Gasteiger partial charge in [0.05, 0.1) is 12.3 Å². The maximum Gasteiger partial charge on any atom is 0.361 e. The van der Waals surface area contributed by atoms with Crippen LogP contribution in [0.15, 0.2) is 10.2 Å². The Morgan fingerprint density at radius 2 is 1.32 bits per heavy atom. The molecule has 4 N–H and O–H groups in total. The summed E-state index contributed by atoms with van der Waals surface area (Å²) in [5, 5.41) is 18.6. The Kier molecular flexibility index (Phi) is 6.19. The largest absolute Gasteiger partial charge is 0.361 e. The second kappa shape index (κ2) is 8.13. The maximum atomic E-state index is 11.7. The fourth-order valence-corrected chi connectivity index (χ4v) is 2.37. The van der Waals surface area contributed by atoms with Gasteiger partial charge < -0.3 is 21.3 Å². The average molecular weight is 312 g/mol. The van der Waals surface area contributed by atoms with E-state index < -0.39 is 12.1 Å². The molecule has 0 spiro atoms. The molecule has 10 heteroatoms. The molecule has 4 amide bonds. The van der Waals surface area contributed by atoms with Crippen LogP contribution in [0.3, 0.4) is 0 Å². The van der Waals surface area contributed by atoms with Gasteiger partial charge in [-0.3, -0.25) is 9.80 Å². The Bertz CT molecular complexity index is 391. The summed E-state index contributed by atoms with van der Waals surface area (Å²) in [6.07, 6.45) is -0.283. The third-order valence-electron chi connectivity index (χ3n) is 3.83. The van der Waals surface area contributed by atoms with E-state index in [0.29, 0.717) is 13.1 Å². The van der Waals surface area contributed by atoms with Gasteiger partial charge in [0.2, 0.25) is 0 Å². The van der Waals surface area contributed by atoms with E-state index in [1.807, 2.05) is 23.9 Å². The molecule has 0 aliphatic carbocycles. The van der Waals surface area contributed by atoms with Gasteiger partial charge in [0, 0.05) is 39.3 Å². The van der Waals surface area contributed by atoms with Crippen LogP contribution in [0.1, 0.15) is 0 Å². The van der Waals surface area contributed by atoms with Crippen molar-refractivity contribution >= 4 is 12.1 Å². The number of carbonyl (C=O) groups excluding carboxylic acids is 2. The lowest BCUT2D eigenvalue weighted by Gasteiger charge is -2.33. The van der Waals surface area contributed by atoms with E-state index in [4.69, 9.17) is 0 Å². The van der Waals surface area contributed by atoms with Crippen molar-refractivity contribution in [1.29, 1.82) is 0 Å². The third kappa shape index (κ3) is 4.98. The number of nitrogens with one attached hydrogen (secondary N) is 4. The number of hydrogen-bond acceptors (Lipinski definition) is 6. The Balaban J connectivity index is 1.75. The highest BCUT2D eigenvalue weighted by atomic mass is 16.2. The lowest BCUT2D eigenvalue weighted by atomic mass is 10.3. The first kappa shape index (κ1) is 16.7. The number of piperazine rings is 2. The van der Waals surface area contributed by atoms with Crippen molar-refractivity contribution < 1.29 is 9.59 Å². The predicted octanol–water partition coefficient (Wildman–Crippen LogP) is -1.42. The summed E-state index contributed by atoms with van der Waals surface area (Å²) in [5.74, 6) is 0. The predicted molar refractivity (Wildman–Crippen MR) is 80.5 cm³/mol. The molecule has 2 saturated heterocycles. The molecule has 2 fully saturated rings. The molecule has 0 saturated carbocycles. The first-order valence-corrected chi connectivity index (χ1v) is 7.41. The second-order valence-electron chi connectivity index (χ2n) is 5.50. The number of carbonyl (C=O) groups is 2. The van der Waals surface area contributed by atoms with Crippen LogP contribution in [-0.4, -0.2) is 87.6 Å². The van der Waals surface area contributed by atoms with E-state index in [2.05, 4.69) is 31.5 Å². The van der Waals surface area contributed by atoms with E-state index in [0.717, 1.165) is 26.2 Å². The summed E-state index contributed by atoms with van der Waals surface area (Å²) in [6.45, 7) is 4.73. The van der Waals surface area contributed by atoms with E-state index in [1.54, 1.807) is 0 Å². The number of hydrogen-bond donors (Lipinski definition) is 4. The molecule has 0 bridgehead atoms. The fourth-order valence-electron chi connectivity index (χ4n) is 2.37. The molecule has 22 heavy (non-hydrogen) atoms. The normalized spacial score (nSPS) is 27.7. The molecule has 0 aromatic rings. The number of amides is 4. The number of rotatable bonds is 2. The minimum absolute atomic E-state index is 0.142. The van der Waals surface area contributed by atoms with Gasteiger partial charge in [-0.15, -0.1) is 0 Å². The van der Waals surface area contributed by atoms with Crippen molar-refractivity contribution in [3.63, 3.8) is 0 Å². The molecule has 124 valence electrons. The minimum atomic E-state index is -0.620. The maximum absolute atomic E-state index is 11.7. The molecule has 2 aliphatic rings. The minimum Gasteiger partial charge on any atom is -0.318 e. The van der Waals surface area contributed by atoms with E-state index in [1.165, 1.54) is 0 Å². The number of urea groups is 2. The van der Waals surface area contributed by atoms with Gasteiger partial charge in [-0.05, 0) is 14.1 Å². The van der Waals surface area contributed by atoms with Crippen LogP contribution < -0.4 is 21.3 Å². The van der Waals surface area contributed by atoms with Crippen molar-refractivity contribution in [2.45, 2.75) is 12.3 Å². The van der Waals surface area contributed by atoms with Gasteiger partial charge in [-0.1, -0.05) is 10.2 Å². The number of azo groups is 1. The number of likely N-dealkylation sites (N-methyl/N-ethyl adjacent to an activating group) is 2. The molecular weight excluding hydrogens is 288 g/mol. The van der Waals surface area contributed by atoms with Gasteiger partial charge in [0.25, 0.3) is 0 Å². The summed E-state index contributed by atoms with van der Waals surface area (Å²) in [4.78, 5) is 27.4. The smallest absolute Gasteiger partial charge is 0.318 e. The van der Waals surface area contributed by atoms with Crippen LogP contribution in [0.25, 0.3) is 0 Å². The van der Waals surface area contributed by atoms with Crippen LogP contribution in [0.5, 0.6) is 0 Å². The van der Waals surface area contributed by atoms with Crippen LogP contribution in [-0.2, 0) is 0 Å². The topological polar surface area (TPSA) is 113 Å². The zero-order valence-electron chi connectivity index (χ0n) is 13.0. The van der Waals surface area contributed by atoms with Gasteiger partial charge in [0.1, 0.15) is 0 Å². The molecular formula is C12H24N8O2. The van der Waals surface area contributed by atoms with Crippen LogP contribution >= 0.6 is 0 Å². The lowest BCUT2D eigenvalue weighted by molar-refractivity contribution is 0.165. The van der Waals surface area contributed by atoms with Crippen LogP contribution in [0.2, 0.25) is 0 Å². The molecule has 2 unspecified atom stereocenters. The quantitative estimate of drug-likeness (QED) is 0.466. The highest BCUT2D eigenvalue weighted by Crippen LogP contribution is 1.98. The standard InChI is InChI=1S/C12H24N8O2/c1-19-5-3-13-7-9(19)15-11(21)17-18-12(22)16-10-8-14-4-6-20(10)2/h9-10,13-14H,3-8H2,1-2H3,(H,15,21)(H,16,22). The van der Waals surface area contributed by atoms with Gasteiger partial charge in [0.15, 0.2) is 0 Å². The van der Waals surface area contributed by atoms with Crippen LogP contribution in [0.4, 0.5) is 9.59 Å². The monoisotopic (exact) mass is 312 g/mol. The summed E-state index contributed by atoms with van der Waals surface area (Å²) < 4.78 is 0. The molecule has 2 heterocycles. The van der Waals surface area contributed by atoms with Crippen molar-refractivity contribution in [3.05, 3.63) is 0 Å². The zero-order valence-corrected chi connectivity index (χ0v) is 13.0. The van der Waals surface area contributed by atoms with Gasteiger partial charge in [-0.2, -0.15) is 0 Å². The van der Waals surface area contributed by atoms with Crippen molar-refractivity contribution in [3.8, 4) is 0 Å². The molecule has 0 aromatic heterocycles. The first-order valence-electron chi connectivity index (χ1n) is 7.41. The fraction of sp³-hybridized carbons (Fsp3) is 0.833. The summed E-state index contributed by atoms with van der Waals surface area (Å²) in [6, 6.07) is -1.24. The van der Waals surface area contributed by atoms with Crippen molar-refractivity contribution in [2.24, 2.45) is 10.2 Å². The summed E-state index contributed by atoms with van der Waals surface area (Å²) in [7, 11) is 3.84. The summed E-state index contributed by atoms with van der Waals surface area (Å²) >= 11 is 0. The highest BCUT2D eigenvalue weighted by molar-refractivity contribution is 5.79. The Labute approximate surface area is 129 Å². The SMILES string of the molecule is CN1CCNCC1NC(=O)N=NC(=O)NC1CNCCN1C. The highest BCUT2D eigenvalue weighted by Gasteiger charge is 2.21. The zero-order chi connectivity index (χ0) is 15.9. The number of nitrogens with zero attached hydrogens (tertiary/aromatic N) is 4. The molecule has 2 atom stereocenters. The first-order chi connectivity index (χ1) is 10.6. The third-order valence-corrected chi connectivity index (χ3v) is 3.83. The average Bonchev–Trinajstić information content (AvgIpc) is 2.50. The van der Waals surface area contributed by atoms with Gasteiger partial charge >= 0.3 is 12.1 Å². The molecule has 0 aromatic carbocycles. The lowest BCUT2D eigenvalue weighted by Crippen LogP contribution is -2.57. The second-order valence-corrected chi connectivity index (χ2v) is 5.50. The summed E-state index contributed by atoms with van der Waals surface area (Å²) in [5.41, 5.74) is 0. The molecule has 0 radical (unpaired) electrons. The molecule has 2 aliphatic heterocycles. The van der Waals surface area contributed by atoms with E-state index in [-0.39, 0.29) is 12.3 Å². The Morgan fingerprint density at radius 3 is 1.68 bits per heavy atom. The van der Waals surface area contributed by atoms with Gasteiger partial charge in [-0.25, -0.2) is 9.59 Å². The van der Waals surface area contributed by atoms with Crippen molar-refractivity contribution in [2.75, 3.05) is 53.4 Å². The van der Waals surface area contributed by atoms with Crippen molar-refractivity contribution in [1.82, 2.24) is 31.1 Å². The molecule has 10 nitrogen and oxygen atoms in total. The Hall–Kier alpha value is -1.62. The van der Waals surface area contributed by atoms with E-state index in [9.17, 15) is 9.59 Å². The Morgan fingerprint density at radius 1 is 0.909 bits per heavy atom. The van der Waals surface area contributed by atoms with E-state index >= 15 is 0 Å².